The molecule has 9 heteroatoms. The largest absolute Gasteiger partial charge is 0.494 e. The molecular weight excluding hydrogens is 547 g/mol. The Balaban J connectivity index is 1.57. The highest BCUT2D eigenvalue weighted by Crippen LogP contribution is 2.41. The van der Waals surface area contributed by atoms with E-state index < -0.39 is 17.5 Å². The molecule has 2 aliphatic rings. The molecule has 0 spiro atoms. The Hall–Kier alpha value is -2.75. The summed E-state index contributed by atoms with van der Waals surface area (Å²) in [4.78, 5) is 19.2. The third-order valence-electron chi connectivity index (χ3n) is 8.72. The summed E-state index contributed by atoms with van der Waals surface area (Å²) in [6, 6.07) is 8.99. The standard InChI is InChI=1S/C32H38F3N3O2S/c1-5-21(6-2)37-15-13-36(14-16-37)18-22-19-41-32-24(17-25-26(33)10-8-11-27(25)34)20(3)29(31(39)38(22)32)23-9-7-12-28(40-4)30(23)35/h7-12,21-22H,5-6,13-19H2,1-4H3. The molecule has 2 aromatic carbocycles. The van der Waals surface area contributed by atoms with Gasteiger partial charge in [-0.25, -0.2) is 13.2 Å². The molecule has 220 valence electrons. The maximum Gasteiger partial charge on any atom is 0.260 e. The molecule has 3 heterocycles. The fourth-order valence-electron chi connectivity index (χ4n) is 6.38. The molecule has 0 N–H and O–H groups in total. The maximum absolute atomic E-state index is 15.6. The molecule has 0 saturated carbocycles. The van der Waals surface area contributed by atoms with Crippen molar-refractivity contribution < 1.29 is 17.9 Å². The van der Waals surface area contributed by atoms with E-state index >= 15 is 4.39 Å². The molecule has 41 heavy (non-hydrogen) atoms. The number of hydrogen-bond donors (Lipinski definition) is 0. The normalized spacial score (nSPS) is 17.8. The second kappa shape index (κ2) is 12.6. The monoisotopic (exact) mass is 585 g/mol. The SMILES string of the molecule is CCC(CC)N1CCN(CC2CSc3c(Cc4c(F)cccc4F)c(C)c(-c4cccc(OC)c4F)c(=O)n32)CC1. The lowest BCUT2D eigenvalue weighted by molar-refractivity contribution is 0.0848. The molecule has 1 atom stereocenters. The number of aromatic nitrogens is 1. The minimum atomic E-state index is -0.640. The smallest absolute Gasteiger partial charge is 0.260 e. The van der Waals surface area contributed by atoms with Crippen molar-refractivity contribution >= 4 is 11.8 Å². The number of methoxy groups -OCH3 is 1. The van der Waals surface area contributed by atoms with E-state index in [2.05, 4.69) is 23.6 Å². The number of rotatable bonds is 9. The molecule has 0 radical (unpaired) electrons. The van der Waals surface area contributed by atoms with Gasteiger partial charge in [-0.05, 0) is 49.1 Å². The summed E-state index contributed by atoms with van der Waals surface area (Å²) < 4.78 is 52.2. The fourth-order valence-corrected chi connectivity index (χ4v) is 7.76. The number of ether oxygens (including phenoxy) is 1. The van der Waals surface area contributed by atoms with Gasteiger partial charge < -0.3 is 4.74 Å². The molecule has 0 amide bonds. The van der Waals surface area contributed by atoms with Crippen LogP contribution in [0, 0.1) is 24.4 Å². The molecule has 1 fully saturated rings. The van der Waals surface area contributed by atoms with E-state index in [-0.39, 0.29) is 40.5 Å². The van der Waals surface area contributed by atoms with Crippen LogP contribution in [-0.4, -0.2) is 66.0 Å². The summed E-state index contributed by atoms with van der Waals surface area (Å²) in [7, 11) is 1.38. The first-order valence-corrected chi connectivity index (χ1v) is 15.4. The first kappa shape index (κ1) is 29.7. The van der Waals surface area contributed by atoms with Gasteiger partial charge in [0.25, 0.3) is 5.56 Å². The first-order valence-electron chi connectivity index (χ1n) is 14.4. The summed E-state index contributed by atoms with van der Waals surface area (Å²) in [5, 5.41) is 0.711. The first-order chi connectivity index (χ1) is 19.8. The van der Waals surface area contributed by atoms with Gasteiger partial charge in [0.05, 0.1) is 23.7 Å². The van der Waals surface area contributed by atoms with Crippen LogP contribution in [0.1, 0.15) is 49.4 Å². The van der Waals surface area contributed by atoms with Crippen molar-refractivity contribution in [2.24, 2.45) is 0 Å². The van der Waals surface area contributed by atoms with Crippen LogP contribution in [0.5, 0.6) is 5.75 Å². The predicted octanol–water partition coefficient (Wildman–Crippen LogP) is 6.29. The molecule has 2 aliphatic heterocycles. The number of halogens is 3. The lowest BCUT2D eigenvalue weighted by atomic mass is 9.94. The third kappa shape index (κ3) is 5.68. The Morgan fingerprint density at radius 2 is 1.63 bits per heavy atom. The van der Waals surface area contributed by atoms with Gasteiger partial charge in [0, 0.05) is 62.1 Å². The van der Waals surface area contributed by atoms with Crippen LogP contribution < -0.4 is 10.3 Å². The van der Waals surface area contributed by atoms with Crippen molar-refractivity contribution in [1.29, 1.82) is 0 Å². The molecule has 1 saturated heterocycles. The number of nitrogens with zero attached hydrogens (tertiary/aromatic N) is 3. The zero-order valence-corrected chi connectivity index (χ0v) is 25.0. The maximum atomic E-state index is 15.6. The van der Waals surface area contributed by atoms with Crippen molar-refractivity contribution in [2.75, 3.05) is 45.6 Å². The van der Waals surface area contributed by atoms with Gasteiger partial charge in [0.1, 0.15) is 11.6 Å². The van der Waals surface area contributed by atoms with E-state index in [9.17, 15) is 13.6 Å². The molecule has 3 aromatic rings. The predicted molar refractivity (Wildman–Crippen MR) is 159 cm³/mol. The van der Waals surface area contributed by atoms with E-state index in [1.54, 1.807) is 35.4 Å². The third-order valence-corrected chi connectivity index (χ3v) is 9.99. The second-order valence-electron chi connectivity index (χ2n) is 10.9. The van der Waals surface area contributed by atoms with Gasteiger partial charge in [0.2, 0.25) is 0 Å². The molecule has 0 bridgehead atoms. The Labute approximate surface area is 244 Å². The van der Waals surface area contributed by atoms with Crippen LogP contribution >= 0.6 is 11.8 Å². The van der Waals surface area contributed by atoms with Crippen molar-refractivity contribution in [1.82, 2.24) is 14.4 Å². The number of fused-ring (bicyclic) bond motifs is 1. The van der Waals surface area contributed by atoms with Gasteiger partial charge in [-0.3, -0.25) is 19.2 Å². The Kier molecular flexibility index (Phi) is 9.16. The van der Waals surface area contributed by atoms with Crippen LogP contribution in [0.4, 0.5) is 13.2 Å². The average molecular weight is 586 g/mol. The van der Waals surface area contributed by atoms with Crippen LogP contribution in [-0.2, 0) is 6.42 Å². The van der Waals surface area contributed by atoms with Crippen LogP contribution in [0.25, 0.3) is 11.1 Å². The second-order valence-corrected chi connectivity index (χ2v) is 11.9. The molecule has 5 nitrogen and oxygen atoms in total. The van der Waals surface area contributed by atoms with Gasteiger partial charge in [-0.2, -0.15) is 0 Å². The highest BCUT2D eigenvalue weighted by atomic mass is 32.2. The van der Waals surface area contributed by atoms with Gasteiger partial charge in [0.15, 0.2) is 11.6 Å². The Bertz CT molecular complexity index is 1450. The zero-order chi connectivity index (χ0) is 29.3. The highest BCUT2D eigenvalue weighted by molar-refractivity contribution is 7.99. The van der Waals surface area contributed by atoms with Crippen LogP contribution in [0.2, 0.25) is 0 Å². The summed E-state index contributed by atoms with van der Waals surface area (Å²) in [6.45, 7) is 10.7. The number of hydrogen-bond acceptors (Lipinski definition) is 5. The Morgan fingerprint density at radius 1 is 0.976 bits per heavy atom. The molecular formula is C32H38F3N3O2S. The minimum Gasteiger partial charge on any atom is -0.494 e. The molecule has 1 aromatic heterocycles. The summed E-state index contributed by atoms with van der Waals surface area (Å²) in [6.07, 6.45) is 2.23. The summed E-state index contributed by atoms with van der Waals surface area (Å²) in [5.41, 5.74) is 1.18. The van der Waals surface area contributed by atoms with E-state index in [0.717, 1.165) is 39.0 Å². The molecule has 1 unspecified atom stereocenters. The lowest BCUT2D eigenvalue weighted by Crippen LogP contribution is -2.51. The number of piperazine rings is 1. The number of pyridine rings is 1. The van der Waals surface area contributed by atoms with Crippen molar-refractivity contribution in [3.63, 3.8) is 0 Å². The topological polar surface area (TPSA) is 37.7 Å². The minimum absolute atomic E-state index is 0.0354. The van der Waals surface area contributed by atoms with Crippen LogP contribution in [0.15, 0.2) is 46.2 Å². The lowest BCUT2D eigenvalue weighted by Gasteiger charge is -2.39. The van der Waals surface area contributed by atoms with E-state index in [1.165, 1.54) is 31.4 Å². The quantitative estimate of drug-likeness (QED) is 0.295. The van der Waals surface area contributed by atoms with Gasteiger partial charge >= 0.3 is 0 Å². The van der Waals surface area contributed by atoms with E-state index in [1.807, 2.05) is 0 Å². The van der Waals surface area contributed by atoms with Gasteiger partial charge in [-0.1, -0.05) is 32.0 Å². The number of thioether (sulfide) groups is 1. The molecule has 0 aliphatic carbocycles. The summed E-state index contributed by atoms with van der Waals surface area (Å²) in [5.74, 6) is -1.21. The van der Waals surface area contributed by atoms with Crippen molar-refractivity contribution in [3.8, 4) is 16.9 Å². The average Bonchev–Trinajstić information content (AvgIpc) is 3.38. The van der Waals surface area contributed by atoms with Gasteiger partial charge in [-0.15, -0.1) is 11.8 Å². The van der Waals surface area contributed by atoms with Crippen LogP contribution in [0.3, 0.4) is 0 Å². The molecule has 5 rings (SSSR count). The summed E-state index contributed by atoms with van der Waals surface area (Å²) >= 11 is 1.54. The fraction of sp³-hybridized carbons (Fsp3) is 0.469. The highest BCUT2D eigenvalue weighted by Gasteiger charge is 2.34. The van der Waals surface area contributed by atoms with Crippen molar-refractivity contribution in [3.05, 3.63) is 80.9 Å². The van der Waals surface area contributed by atoms with Crippen molar-refractivity contribution in [2.45, 2.75) is 57.1 Å². The van der Waals surface area contributed by atoms with E-state index in [0.29, 0.717) is 34.5 Å². The Morgan fingerprint density at radius 3 is 2.27 bits per heavy atom. The number of benzene rings is 2. The van der Waals surface area contributed by atoms with E-state index in [4.69, 9.17) is 4.74 Å². The zero-order valence-electron chi connectivity index (χ0n) is 24.2.